The van der Waals surface area contributed by atoms with Gasteiger partial charge in [-0.25, -0.2) is 10.8 Å². The number of aromatic nitrogens is 2. The van der Waals surface area contributed by atoms with Crippen LogP contribution in [0.1, 0.15) is 19.5 Å². The number of hydrazine groups is 1. The van der Waals surface area contributed by atoms with Gasteiger partial charge in [0, 0.05) is 19.6 Å². The van der Waals surface area contributed by atoms with Gasteiger partial charge < -0.3 is 10.2 Å². The van der Waals surface area contributed by atoms with Gasteiger partial charge in [-0.15, -0.1) is 0 Å². The standard InChI is InChI=1S/C11H19N5O/c1-8-5-16(6-9(2)17-8)7-10-3-14-11(15-12)4-13-10/h3-4,8-9H,5-7,12H2,1-2H3,(H,14,15). The van der Waals surface area contributed by atoms with Crippen LogP contribution in [0.15, 0.2) is 12.4 Å². The van der Waals surface area contributed by atoms with Crippen molar-refractivity contribution in [3.63, 3.8) is 0 Å². The van der Waals surface area contributed by atoms with Crippen LogP contribution in [0.25, 0.3) is 0 Å². The minimum atomic E-state index is 0.275. The summed E-state index contributed by atoms with van der Waals surface area (Å²) in [6.07, 6.45) is 3.94. The fourth-order valence-electron chi connectivity index (χ4n) is 2.15. The third-order valence-corrected chi connectivity index (χ3v) is 2.73. The summed E-state index contributed by atoms with van der Waals surface area (Å²) in [5.41, 5.74) is 3.41. The minimum Gasteiger partial charge on any atom is -0.373 e. The van der Waals surface area contributed by atoms with Crippen LogP contribution in [-0.2, 0) is 11.3 Å². The lowest BCUT2D eigenvalue weighted by atomic mass is 10.2. The van der Waals surface area contributed by atoms with Crippen LogP contribution in [-0.4, -0.2) is 40.2 Å². The average Bonchev–Trinajstić information content (AvgIpc) is 2.28. The summed E-state index contributed by atoms with van der Waals surface area (Å²) in [6, 6.07) is 0. The van der Waals surface area contributed by atoms with E-state index in [0.29, 0.717) is 5.82 Å². The maximum absolute atomic E-state index is 5.69. The molecule has 6 heteroatoms. The summed E-state index contributed by atoms with van der Waals surface area (Å²) in [5, 5.41) is 0. The number of hydrogen-bond donors (Lipinski definition) is 2. The highest BCUT2D eigenvalue weighted by Crippen LogP contribution is 2.13. The lowest BCUT2D eigenvalue weighted by Gasteiger charge is -2.34. The van der Waals surface area contributed by atoms with Crippen LogP contribution in [0, 0.1) is 0 Å². The Labute approximate surface area is 101 Å². The first-order chi connectivity index (χ1) is 8.17. The van der Waals surface area contributed by atoms with Crippen molar-refractivity contribution in [1.82, 2.24) is 14.9 Å². The smallest absolute Gasteiger partial charge is 0.158 e. The van der Waals surface area contributed by atoms with Gasteiger partial charge in [-0.1, -0.05) is 0 Å². The first-order valence-corrected chi connectivity index (χ1v) is 5.82. The molecule has 0 aromatic carbocycles. The van der Waals surface area contributed by atoms with Crippen LogP contribution >= 0.6 is 0 Å². The van der Waals surface area contributed by atoms with Crippen molar-refractivity contribution in [3.8, 4) is 0 Å². The second-order valence-electron chi connectivity index (χ2n) is 4.49. The SMILES string of the molecule is CC1CN(Cc2cnc(NN)cn2)CC(C)O1. The normalized spacial score (nSPS) is 25.8. The number of rotatable bonds is 3. The van der Waals surface area contributed by atoms with E-state index in [9.17, 15) is 0 Å². The molecule has 1 saturated heterocycles. The van der Waals surface area contributed by atoms with Crippen LogP contribution in [0.4, 0.5) is 5.82 Å². The molecule has 1 fully saturated rings. The van der Waals surface area contributed by atoms with Gasteiger partial charge >= 0.3 is 0 Å². The number of nitrogens with two attached hydrogens (primary N) is 1. The molecule has 17 heavy (non-hydrogen) atoms. The van der Waals surface area contributed by atoms with E-state index >= 15 is 0 Å². The molecule has 0 spiro atoms. The lowest BCUT2D eigenvalue weighted by Crippen LogP contribution is -2.44. The predicted octanol–water partition coefficient (Wildman–Crippen LogP) is 0.371. The zero-order valence-electron chi connectivity index (χ0n) is 10.3. The predicted molar refractivity (Wildman–Crippen MR) is 65.1 cm³/mol. The second-order valence-corrected chi connectivity index (χ2v) is 4.49. The van der Waals surface area contributed by atoms with Crippen LogP contribution in [0.3, 0.4) is 0 Å². The summed E-state index contributed by atoms with van der Waals surface area (Å²) in [6.45, 7) is 6.85. The minimum absolute atomic E-state index is 0.275. The van der Waals surface area contributed by atoms with Gasteiger partial charge in [0.2, 0.25) is 0 Å². The first-order valence-electron chi connectivity index (χ1n) is 5.82. The van der Waals surface area contributed by atoms with Crippen LogP contribution < -0.4 is 11.3 Å². The van der Waals surface area contributed by atoms with Crippen molar-refractivity contribution in [3.05, 3.63) is 18.1 Å². The molecule has 0 radical (unpaired) electrons. The van der Waals surface area contributed by atoms with Crippen molar-refractivity contribution in [2.24, 2.45) is 5.84 Å². The Morgan fingerprint density at radius 3 is 2.59 bits per heavy atom. The van der Waals surface area contributed by atoms with E-state index < -0.39 is 0 Å². The van der Waals surface area contributed by atoms with Crippen LogP contribution in [0.2, 0.25) is 0 Å². The Morgan fingerprint density at radius 1 is 1.35 bits per heavy atom. The highest BCUT2D eigenvalue weighted by Gasteiger charge is 2.22. The zero-order chi connectivity index (χ0) is 12.3. The summed E-state index contributed by atoms with van der Waals surface area (Å²) in [5.74, 6) is 5.82. The summed E-state index contributed by atoms with van der Waals surface area (Å²) >= 11 is 0. The number of nitrogens with one attached hydrogen (secondary N) is 1. The van der Waals surface area contributed by atoms with E-state index in [2.05, 4.69) is 34.1 Å². The molecule has 1 aromatic rings. The molecule has 1 aliphatic heterocycles. The van der Waals surface area contributed by atoms with E-state index in [0.717, 1.165) is 25.3 Å². The van der Waals surface area contributed by atoms with E-state index in [4.69, 9.17) is 10.6 Å². The van der Waals surface area contributed by atoms with Crippen LogP contribution in [0.5, 0.6) is 0 Å². The molecule has 1 aromatic heterocycles. The highest BCUT2D eigenvalue weighted by molar-refractivity contribution is 5.28. The second kappa shape index (κ2) is 5.39. The Bertz CT molecular complexity index is 345. The number of nitrogens with zero attached hydrogens (tertiary/aromatic N) is 3. The van der Waals surface area contributed by atoms with E-state index in [1.165, 1.54) is 0 Å². The summed E-state index contributed by atoms with van der Waals surface area (Å²) < 4.78 is 5.69. The van der Waals surface area contributed by atoms with Crippen molar-refractivity contribution in [2.45, 2.75) is 32.6 Å². The molecule has 2 atom stereocenters. The third-order valence-electron chi connectivity index (χ3n) is 2.73. The molecule has 2 heterocycles. The Balaban J connectivity index is 1.95. The van der Waals surface area contributed by atoms with Gasteiger partial charge in [0.15, 0.2) is 5.82 Å². The maximum Gasteiger partial charge on any atom is 0.158 e. The average molecular weight is 237 g/mol. The number of hydrogen-bond acceptors (Lipinski definition) is 6. The Morgan fingerprint density at radius 2 is 2.06 bits per heavy atom. The molecule has 2 rings (SSSR count). The molecule has 2 unspecified atom stereocenters. The van der Waals surface area contributed by atoms with Gasteiger partial charge in [-0.05, 0) is 13.8 Å². The van der Waals surface area contributed by atoms with Crippen molar-refractivity contribution in [2.75, 3.05) is 18.5 Å². The molecule has 0 aliphatic carbocycles. The maximum atomic E-state index is 5.69. The zero-order valence-corrected chi connectivity index (χ0v) is 10.3. The molecule has 94 valence electrons. The lowest BCUT2D eigenvalue weighted by molar-refractivity contribution is -0.0707. The molecule has 0 amide bonds. The summed E-state index contributed by atoms with van der Waals surface area (Å²) in [4.78, 5) is 10.8. The fourth-order valence-corrected chi connectivity index (χ4v) is 2.15. The highest BCUT2D eigenvalue weighted by atomic mass is 16.5. The fraction of sp³-hybridized carbons (Fsp3) is 0.636. The Hall–Kier alpha value is -1.24. The van der Waals surface area contributed by atoms with Gasteiger partial charge in [0.05, 0.1) is 30.3 Å². The molecule has 6 nitrogen and oxygen atoms in total. The quantitative estimate of drug-likeness (QED) is 0.584. The van der Waals surface area contributed by atoms with Crippen molar-refractivity contribution < 1.29 is 4.74 Å². The van der Waals surface area contributed by atoms with Gasteiger partial charge in [-0.2, -0.15) is 0 Å². The van der Waals surface area contributed by atoms with Crippen molar-refractivity contribution in [1.29, 1.82) is 0 Å². The van der Waals surface area contributed by atoms with E-state index in [-0.39, 0.29) is 12.2 Å². The van der Waals surface area contributed by atoms with Gasteiger partial charge in [-0.3, -0.25) is 9.88 Å². The van der Waals surface area contributed by atoms with E-state index in [1.807, 2.05) is 0 Å². The molecular weight excluding hydrogens is 218 g/mol. The topological polar surface area (TPSA) is 76.3 Å². The third kappa shape index (κ3) is 3.36. The van der Waals surface area contributed by atoms with Crippen molar-refractivity contribution >= 4 is 5.82 Å². The monoisotopic (exact) mass is 237 g/mol. The molecule has 0 saturated carbocycles. The molecule has 1 aliphatic rings. The summed E-state index contributed by atoms with van der Waals surface area (Å²) in [7, 11) is 0. The number of ether oxygens (including phenoxy) is 1. The molecule has 0 bridgehead atoms. The first kappa shape index (κ1) is 12.2. The number of anilines is 1. The molecule has 3 N–H and O–H groups in total. The molecular formula is C11H19N5O. The Kier molecular flexibility index (Phi) is 3.88. The largest absolute Gasteiger partial charge is 0.373 e. The number of nitrogen functional groups attached to an aromatic ring is 1. The van der Waals surface area contributed by atoms with Gasteiger partial charge in [0.1, 0.15) is 0 Å². The van der Waals surface area contributed by atoms with Gasteiger partial charge in [0.25, 0.3) is 0 Å². The van der Waals surface area contributed by atoms with E-state index in [1.54, 1.807) is 12.4 Å². The number of morpholine rings is 1.